The second-order valence-electron chi connectivity index (χ2n) is 8.69. The van der Waals surface area contributed by atoms with Crippen molar-refractivity contribution in [2.45, 2.75) is 0 Å². The van der Waals surface area contributed by atoms with Gasteiger partial charge in [0.25, 0.3) is 35.4 Å². The highest BCUT2D eigenvalue weighted by atomic mass is 16.2. The minimum atomic E-state index is -0.741. The summed E-state index contributed by atoms with van der Waals surface area (Å²) in [7, 11) is 0. The van der Waals surface area contributed by atoms with Crippen molar-refractivity contribution in [1.29, 1.82) is 0 Å². The second-order valence-corrected chi connectivity index (χ2v) is 8.69. The predicted octanol–water partition coefficient (Wildman–Crippen LogP) is -3.12. The summed E-state index contributed by atoms with van der Waals surface area (Å²) in [6.07, 6.45) is 0. The number of carbonyl (C=O) groups excluding carboxylic acids is 6. The number of hydrogen-bond donors (Lipinski definition) is 10. The Labute approximate surface area is 248 Å². The largest absolute Gasteiger partial charge is 0.370 e. The third-order valence-electron chi connectivity index (χ3n) is 5.39. The smallest absolute Gasteiger partial charge is 0.296 e. The molecular weight excluding hydrogens is 578 g/mol. The monoisotopic (exact) mass is 607 g/mol. The number of aromatic amines is 2. The number of H-pyrrole nitrogens is 2. The quantitative estimate of drug-likeness (QED) is 0.0557. The molecule has 0 bridgehead atoms. The zero-order valence-corrected chi connectivity index (χ0v) is 23.0. The molecular formula is C25H29N13O6. The summed E-state index contributed by atoms with van der Waals surface area (Å²) in [4.78, 5) is 89.0. The van der Waals surface area contributed by atoms with Crippen LogP contribution in [0.4, 0.5) is 0 Å². The van der Waals surface area contributed by atoms with E-state index in [4.69, 9.17) is 22.9 Å². The van der Waals surface area contributed by atoms with Crippen LogP contribution >= 0.6 is 0 Å². The molecule has 0 unspecified atom stereocenters. The van der Waals surface area contributed by atoms with Gasteiger partial charge in [0.2, 0.25) is 0 Å². The molecule has 3 aromatic heterocycles. The Morgan fingerprint density at radius 3 is 1.25 bits per heavy atom. The first-order chi connectivity index (χ1) is 20.9. The van der Waals surface area contributed by atoms with Gasteiger partial charge in [0, 0.05) is 26.2 Å². The molecule has 0 aliphatic rings. The van der Waals surface area contributed by atoms with Gasteiger partial charge in [-0.1, -0.05) is 6.07 Å². The van der Waals surface area contributed by atoms with Crippen molar-refractivity contribution in [3.63, 3.8) is 0 Å². The molecule has 19 heteroatoms. The van der Waals surface area contributed by atoms with Crippen LogP contribution in [0.15, 0.2) is 52.4 Å². The summed E-state index contributed by atoms with van der Waals surface area (Å²) in [6, 6.07) is 9.71. The molecule has 230 valence electrons. The van der Waals surface area contributed by atoms with Crippen LogP contribution in [0, 0.1) is 0 Å². The molecule has 3 aromatic rings. The van der Waals surface area contributed by atoms with Gasteiger partial charge < -0.3 is 54.2 Å². The van der Waals surface area contributed by atoms with Crippen LogP contribution in [0.5, 0.6) is 0 Å². The standard InChI is InChI=1S/C25H29N13O6/c26-24(27)37-22(43)16-6-4-14(35-16)20(41)32-10-8-30-18(39)12-2-1-3-13(34-12)19(40)31-9-11-33-21(42)15-5-7-17(36-15)23(44)38-25(28)29/h1-7,35-36H,8-11H2,(H,30,39)(H,31,40)(H,32,41)(H,33,42)(H4,26,27,37,43)(H4,28,29,38,44). The van der Waals surface area contributed by atoms with E-state index in [0.717, 1.165) is 0 Å². The maximum atomic E-state index is 12.5. The highest BCUT2D eigenvalue weighted by Crippen LogP contribution is 2.05. The third kappa shape index (κ3) is 9.26. The highest BCUT2D eigenvalue weighted by Gasteiger charge is 2.15. The molecule has 0 radical (unpaired) electrons. The van der Waals surface area contributed by atoms with E-state index >= 15 is 0 Å². The van der Waals surface area contributed by atoms with Crippen LogP contribution in [0.3, 0.4) is 0 Å². The predicted molar refractivity (Wildman–Crippen MR) is 155 cm³/mol. The molecule has 19 nitrogen and oxygen atoms in total. The Bertz CT molecular complexity index is 1510. The van der Waals surface area contributed by atoms with Crippen LogP contribution in [0.1, 0.15) is 62.9 Å². The fourth-order valence-electron chi connectivity index (χ4n) is 3.42. The van der Waals surface area contributed by atoms with Crippen LogP contribution in [0.2, 0.25) is 0 Å². The minimum absolute atomic E-state index is 0.0160. The number of amides is 6. The van der Waals surface area contributed by atoms with Crippen molar-refractivity contribution >= 4 is 47.4 Å². The molecule has 3 heterocycles. The summed E-state index contributed by atoms with van der Waals surface area (Å²) in [5, 5.41) is 10.3. The SMILES string of the molecule is NC(N)=NC(=O)c1ccc(C(=O)NCCNC(=O)c2cccc(C(=O)NCCNC(=O)c3ccc(C(=O)N=C(N)N)[nH]3)n2)[nH]1. The number of carbonyl (C=O) groups is 6. The minimum Gasteiger partial charge on any atom is -0.370 e. The van der Waals surface area contributed by atoms with E-state index in [1.54, 1.807) is 0 Å². The summed E-state index contributed by atoms with van der Waals surface area (Å²) < 4.78 is 0. The number of aromatic nitrogens is 3. The number of nitrogens with two attached hydrogens (primary N) is 4. The molecule has 44 heavy (non-hydrogen) atoms. The van der Waals surface area contributed by atoms with Gasteiger partial charge in [-0.2, -0.15) is 9.98 Å². The topological polar surface area (TPSA) is 324 Å². The van der Waals surface area contributed by atoms with Crippen molar-refractivity contribution in [3.05, 3.63) is 76.6 Å². The van der Waals surface area contributed by atoms with Gasteiger partial charge in [0.15, 0.2) is 11.9 Å². The lowest BCUT2D eigenvalue weighted by molar-refractivity contribution is 0.0915. The van der Waals surface area contributed by atoms with Gasteiger partial charge in [-0.3, -0.25) is 28.8 Å². The van der Waals surface area contributed by atoms with Gasteiger partial charge in [-0.05, 0) is 36.4 Å². The molecule has 0 aromatic carbocycles. The Morgan fingerprint density at radius 1 is 0.545 bits per heavy atom. The summed E-state index contributed by atoms with van der Waals surface area (Å²) in [5.41, 5.74) is 20.8. The fraction of sp³-hybridized carbons (Fsp3) is 0.160. The number of nitrogens with zero attached hydrogens (tertiary/aromatic N) is 3. The first-order valence-corrected chi connectivity index (χ1v) is 12.7. The van der Waals surface area contributed by atoms with E-state index in [1.165, 1.54) is 42.5 Å². The number of nitrogens with one attached hydrogen (secondary N) is 6. The van der Waals surface area contributed by atoms with Gasteiger partial charge >= 0.3 is 0 Å². The van der Waals surface area contributed by atoms with Crippen LogP contribution in [-0.4, -0.2) is 88.5 Å². The lowest BCUT2D eigenvalue weighted by Crippen LogP contribution is -2.36. The normalized spacial score (nSPS) is 10.2. The Kier molecular flexibility index (Phi) is 10.8. The number of aliphatic imine (C=N–C) groups is 2. The molecule has 0 spiro atoms. The van der Waals surface area contributed by atoms with Crippen molar-refractivity contribution < 1.29 is 28.8 Å². The number of hydrogen-bond acceptors (Lipinski definition) is 7. The van der Waals surface area contributed by atoms with Gasteiger partial charge in [-0.15, -0.1) is 0 Å². The lowest BCUT2D eigenvalue weighted by atomic mass is 10.2. The molecule has 0 atom stereocenters. The lowest BCUT2D eigenvalue weighted by Gasteiger charge is -2.08. The van der Waals surface area contributed by atoms with E-state index in [1.807, 2.05) is 0 Å². The number of guanidine groups is 2. The molecule has 0 aliphatic carbocycles. The van der Waals surface area contributed by atoms with Crippen molar-refractivity contribution in [2.75, 3.05) is 26.2 Å². The van der Waals surface area contributed by atoms with E-state index in [0.29, 0.717) is 0 Å². The van der Waals surface area contributed by atoms with E-state index in [9.17, 15) is 28.8 Å². The Hall–Kier alpha value is -6.53. The Morgan fingerprint density at radius 2 is 0.886 bits per heavy atom. The molecule has 14 N–H and O–H groups in total. The van der Waals surface area contributed by atoms with Gasteiger partial charge in [0.05, 0.1) is 0 Å². The third-order valence-corrected chi connectivity index (χ3v) is 5.39. The van der Waals surface area contributed by atoms with E-state index < -0.39 is 47.4 Å². The van der Waals surface area contributed by atoms with Crippen LogP contribution in [0.25, 0.3) is 0 Å². The van der Waals surface area contributed by atoms with Crippen molar-refractivity contribution in [1.82, 2.24) is 36.2 Å². The van der Waals surface area contributed by atoms with Gasteiger partial charge in [-0.25, -0.2) is 4.98 Å². The molecule has 3 rings (SSSR count). The van der Waals surface area contributed by atoms with Crippen LogP contribution in [-0.2, 0) is 0 Å². The van der Waals surface area contributed by atoms with E-state index in [2.05, 4.69) is 46.2 Å². The second kappa shape index (κ2) is 14.9. The maximum Gasteiger partial charge on any atom is 0.296 e. The molecule has 0 fully saturated rings. The average molecular weight is 608 g/mol. The average Bonchev–Trinajstić information content (AvgIpc) is 3.68. The zero-order chi connectivity index (χ0) is 32.2. The molecule has 6 amide bonds. The number of rotatable bonds is 12. The molecule has 0 aliphatic heterocycles. The molecule has 0 saturated heterocycles. The first kappa shape index (κ1) is 32.0. The number of pyridine rings is 1. The fourth-order valence-corrected chi connectivity index (χ4v) is 3.42. The first-order valence-electron chi connectivity index (χ1n) is 12.7. The van der Waals surface area contributed by atoms with Crippen LogP contribution < -0.4 is 44.2 Å². The Balaban J connectivity index is 1.40. The summed E-state index contributed by atoms with van der Waals surface area (Å²) in [5.74, 6) is -4.56. The highest BCUT2D eigenvalue weighted by molar-refractivity contribution is 6.03. The van der Waals surface area contributed by atoms with Crippen molar-refractivity contribution in [3.8, 4) is 0 Å². The maximum absolute atomic E-state index is 12.5. The summed E-state index contributed by atoms with van der Waals surface area (Å²) >= 11 is 0. The zero-order valence-electron chi connectivity index (χ0n) is 23.0. The van der Waals surface area contributed by atoms with E-state index in [-0.39, 0.29) is 60.3 Å². The summed E-state index contributed by atoms with van der Waals surface area (Å²) in [6.45, 7) is 0.160. The molecule has 0 saturated carbocycles. The van der Waals surface area contributed by atoms with Crippen molar-refractivity contribution in [2.24, 2.45) is 32.9 Å². The van der Waals surface area contributed by atoms with Gasteiger partial charge in [0.1, 0.15) is 34.2 Å².